The van der Waals surface area contributed by atoms with Gasteiger partial charge in [0.1, 0.15) is 5.69 Å². The van der Waals surface area contributed by atoms with Crippen LogP contribution in [0.2, 0.25) is 0 Å². The molecule has 2 N–H and O–H groups in total. The molecule has 21 heavy (non-hydrogen) atoms. The third kappa shape index (κ3) is 3.66. The topological polar surface area (TPSA) is 97.2 Å². The van der Waals surface area contributed by atoms with Crippen LogP contribution in [0.5, 0.6) is 0 Å². The molecule has 0 aliphatic heterocycles. The van der Waals surface area contributed by atoms with E-state index in [0.717, 1.165) is 4.70 Å². The number of aromatic nitrogens is 1. The molecule has 0 unspecified atom stereocenters. The number of nitro benzene ring substituents is 1. The van der Waals surface area contributed by atoms with Gasteiger partial charge in [-0.3, -0.25) is 14.9 Å². The fourth-order valence-electron chi connectivity index (χ4n) is 1.95. The van der Waals surface area contributed by atoms with E-state index in [9.17, 15) is 14.9 Å². The summed E-state index contributed by atoms with van der Waals surface area (Å²) in [6, 6.07) is 3.52. The van der Waals surface area contributed by atoms with Crippen LogP contribution in [0.25, 0.3) is 10.2 Å². The number of nitrogens with one attached hydrogen (secondary N) is 2. The van der Waals surface area contributed by atoms with Gasteiger partial charge in [0.2, 0.25) is 5.91 Å². The molecule has 0 saturated heterocycles. The van der Waals surface area contributed by atoms with Crippen LogP contribution in [0, 0.1) is 10.1 Å². The number of thiazole rings is 1. The third-order valence-electron chi connectivity index (χ3n) is 2.78. The summed E-state index contributed by atoms with van der Waals surface area (Å²) in [6.07, 6.45) is 0.254. The van der Waals surface area contributed by atoms with Crippen molar-refractivity contribution in [3.8, 4) is 0 Å². The van der Waals surface area contributed by atoms with E-state index in [-0.39, 0.29) is 24.1 Å². The van der Waals surface area contributed by atoms with Gasteiger partial charge in [-0.15, -0.1) is 11.3 Å². The highest BCUT2D eigenvalue weighted by Crippen LogP contribution is 2.34. The van der Waals surface area contributed by atoms with E-state index >= 15 is 0 Å². The van der Waals surface area contributed by atoms with Crippen LogP contribution >= 0.6 is 11.3 Å². The summed E-state index contributed by atoms with van der Waals surface area (Å²) in [4.78, 5) is 26.4. The molecule has 7 nitrogen and oxygen atoms in total. The smallest absolute Gasteiger partial charge is 0.319 e. The van der Waals surface area contributed by atoms with Gasteiger partial charge in [0.15, 0.2) is 5.52 Å². The molecule has 0 spiro atoms. The number of nitro groups is 1. The molecule has 1 heterocycles. The van der Waals surface area contributed by atoms with E-state index < -0.39 is 4.92 Å². The maximum Gasteiger partial charge on any atom is 0.319 e. The van der Waals surface area contributed by atoms with Crippen molar-refractivity contribution < 1.29 is 9.72 Å². The molecule has 0 radical (unpaired) electrons. The van der Waals surface area contributed by atoms with Crippen LogP contribution < -0.4 is 10.6 Å². The number of carbonyl (C=O) groups excluding carboxylic acids is 1. The van der Waals surface area contributed by atoms with Crippen molar-refractivity contribution >= 4 is 38.8 Å². The van der Waals surface area contributed by atoms with Crippen LogP contribution in [0.4, 0.5) is 11.4 Å². The lowest BCUT2D eigenvalue weighted by Gasteiger charge is -2.10. The summed E-state index contributed by atoms with van der Waals surface area (Å²) in [5.74, 6) is -0.0881. The number of hydrogen-bond donors (Lipinski definition) is 2. The van der Waals surface area contributed by atoms with Crippen LogP contribution in [-0.2, 0) is 4.79 Å². The molecule has 112 valence electrons. The molecule has 2 rings (SSSR count). The van der Waals surface area contributed by atoms with Gasteiger partial charge in [-0.2, -0.15) is 0 Å². The standard InChI is InChI=1S/C13H16N4O3S/c1-8(2)16-11(18)5-6-14-9-3-4-10-12(15-7-21-10)13(9)17(19)20/h3-4,7-8,14H,5-6H2,1-2H3,(H,16,18). The second-order valence-electron chi connectivity index (χ2n) is 4.82. The van der Waals surface area contributed by atoms with Gasteiger partial charge < -0.3 is 10.6 Å². The van der Waals surface area contributed by atoms with Crippen molar-refractivity contribution in [1.82, 2.24) is 10.3 Å². The summed E-state index contributed by atoms with van der Waals surface area (Å²) in [5.41, 5.74) is 2.30. The van der Waals surface area contributed by atoms with Crippen molar-refractivity contribution in [3.63, 3.8) is 0 Å². The molecule has 0 fully saturated rings. The van der Waals surface area contributed by atoms with Gasteiger partial charge in [-0.05, 0) is 26.0 Å². The van der Waals surface area contributed by atoms with Crippen molar-refractivity contribution in [2.45, 2.75) is 26.3 Å². The number of benzene rings is 1. The third-order valence-corrected chi connectivity index (χ3v) is 3.57. The minimum absolute atomic E-state index is 0.0435. The Bertz CT molecular complexity index is 668. The van der Waals surface area contributed by atoms with Crippen molar-refractivity contribution in [1.29, 1.82) is 0 Å². The van der Waals surface area contributed by atoms with Crippen LogP contribution in [0.3, 0.4) is 0 Å². The number of amides is 1. The fraction of sp³-hybridized carbons (Fsp3) is 0.385. The zero-order chi connectivity index (χ0) is 15.4. The second kappa shape index (κ2) is 6.49. The lowest BCUT2D eigenvalue weighted by molar-refractivity contribution is -0.382. The lowest BCUT2D eigenvalue weighted by Crippen LogP contribution is -2.31. The molecule has 1 aromatic carbocycles. The number of rotatable bonds is 6. The van der Waals surface area contributed by atoms with Gasteiger partial charge >= 0.3 is 5.69 Å². The summed E-state index contributed by atoms with van der Waals surface area (Å²) >= 11 is 1.36. The number of nitrogens with zero attached hydrogens (tertiary/aromatic N) is 2. The maximum absolute atomic E-state index is 11.5. The molecule has 1 amide bonds. The summed E-state index contributed by atoms with van der Waals surface area (Å²) in [6.45, 7) is 4.09. The average molecular weight is 308 g/mol. The number of fused-ring (bicyclic) bond motifs is 1. The highest BCUT2D eigenvalue weighted by atomic mass is 32.1. The number of carbonyl (C=O) groups is 1. The van der Waals surface area contributed by atoms with Crippen LogP contribution in [0.15, 0.2) is 17.6 Å². The molecule has 1 aromatic heterocycles. The van der Waals surface area contributed by atoms with Gasteiger partial charge in [-0.25, -0.2) is 4.98 Å². The first-order valence-electron chi connectivity index (χ1n) is 6.53. The van der Waals surface area contributed by atoms with Gasteiger partial charge in [-0.1, -0.05) is 0 Å². The Morgan fingerprint density at radius 1 is 1.48 bits per heavy atom. The van der Waals surface area contributed by atoms with Crippen LogP contribution in [-0.4, -0.2) is 28.4 Å². The summed E-state index contributed by atoms with van der Waals surface area (Å²) < 4.78 is 0.768. The minimum Gasteiger partial charge on any atom is -0.379 e. The molecule has 0 aliphatic carbocycles. The van der Waals surface area contributed by atoms with Crippen molar-refractivity contribution in [3.05, 3.63) is 27.8 Å². The number of anilines is 1. The maximum atomic E-state index is 11.5. The molecule has 0 aliphatic rings. The van der Waals surface area contributed by atoms with Crippen molar-refractivity contribution in [2.75, 3.05) is 11.9 Å². The summed E-state index contributed by atoms with van der Waals surface area (Å²) in [7, 11) is 0. The van der Waals surface area contributed by atoms with E-state index in [0.29, 0.717) is 17.7 Å². The second-order valence-corrected chi connectivity index (χ2v) is 5.70. The molecular weight excluding hydrogens is 292 g/mol. The first-order chi connectivity index (χ1) is 9.99. The van der Waals surface area contributed by atoms with E-state index in [1.54, 1.807) is 17.6 Å². The van der Waals surface area contributed by atoms with E-state index in [1.807, 2.05) is 13.8 Å². The van der Waals surface area contributed by atoms with Gasteiger partial charge in [0, 0.05) is 19.0 Å². The highest BCUT2D eigenvalue weighted by molar-refractivity contribution is 7.16. The quantitative estimate of drug-likeness (QED) is 0.631. The first kappa shape index (κ1) is 15.2. The summed E-state index contributed by atoms with van der Waals surface area (Å²) in [5, 5.41) is 16.9. The fourth-order valence-corrected chi connectivity index (χ4v) is 2.63. The Morgan fingerprint density at radius 3 is 2.90 bits per heavy atom. The molecule has 0 atom stereocenters. The molecule has 8 heteroatoms. The Morgan fingerprint density at radius 2 is 2.24 bits per heavy atom. The van der Waals surface area contributed by atoms with Gasteiger partial charge in [0.25, 0.3) is 0 Å². The van der Waals surface area contributed by atoms with E-state index in [4.69, 9.17) is 0 Å². The van der Waals surface area contributed by atoms with Gasteiger partial charge in [0.05, 0.1) is 15.1 Å². The van der Waals surface area contributed by atoms with E-state index in [2.05, 4.69) is 15.6 Å². The molecule has 0 saturated carbocycles. The molecule has 2 aromatic rings. The SMILES string of the molecule is CC(C)NC(=O)CCNc1ccc2scnc2c1[N+](=O)[O-]. The van der Waals surface area contributed by atoms with Crippen molar-refractivity contribution in [2.24, 2.45) is 0 Å². The monoisotopic (exact) mass is 308 g/mol. The Balaban J connectivity index is 2.10. The predicted octanol–water partition coefficient (Wildman–Crippen LogP) is 2.53. The molecular formula is C13H16N4O3S. The molecule has 0 bridgehead atoms. The minimum atomic E-state index is -0.446. The largest absolute Gasteiger partial charge is 0.379 e. The average Bonchev–Trinajstić information content (AvgIpc) is 2.84. The Labute approximate surface area is 125 Å². The first-order valence-corrected chi connectivity index (χ1v) is 7.41. The lowest BCUT2D eigenvalue weighted by atomic mass is 10.2. The predicted molar refractivity (Wildman–Crippen MR) is 82.7 cm³/mol. The Kier molecular flexibility index (Phi) is 4.69. The zero-order valence-corrected chi connectivity index (χ0v) is 12.6. The van der Waals surface area contributed by atoms with Crippen LogP contribution in [0.1, 0.15) is 20.3 Å². The normalized spacial score (nSPS) is 10.8. The van der Waals surface area contributed by atoms with E-state index in [1.165, 1.54) is 11.3 Å². The number of hydrogen-bond acceptors (Lipinski definition) is 6. The zero-order valence-electron chi connectivity index (χ0n) is 11.8. The Hall–Kier alpha value is -2.22. The highest BCUT2D eigenvalue weighted by Gasteiger charge is 2.20.